The highest BCUT2D eigenvalue weighted by Crippen LogP contribution is 2.38. The fourth-order valence-electron chi connectivity index (χ4n) is 3.33. The molecule has 1 aliphatic rings. The number of rotatable bonds is 7. The molecule has 3 aromatic heterocycles. The maximum Gasteiger partial charge on any atom is 0.250 e. The van der Waals surface area contributed by atoms with Gasteiger partial charge in [0, 0.05) is 24.5 Å². The molecule has 158 valence electrons. The summed E-state index contributed by atoms with van der Waals surface area (Å²) >= 11 is 1.51. The molecule has 0 bridgehead atoms. The third-order valence-corrected chi connectivity index (χ3v) is 6.28. The van der Waals surface area contributed by atoms with Crippen molar-refractivity contribution in [2.45, 2.75) is 43.6 Å². The molecule has 5 rings (SSSR count). The number of halogens is 1. The van der Waals surface area contributed by atoms with E-state index in [0.29, 0.717) is 17.4 Å². The minimum absolute atomic E-state index is 0.165. The van der Waals surface area contributed by atoms with Gasteiger partial charge >= 0.3 is 0 Å². The topological polar surface area (TPSA) is 82.5 Å². The van der Waals surface area contributed by atoms with Gasteiger partial charge in [-0.2, -0.15) is 0 Å². The largest absolute Gasteiger partial charge is 0.419 e. The smallest absolute Gasteiger partial charge is 0.250 e. The van der Waals surface area contributed by atoms with E-state index in [0.717, 1.165) is 28.7 Å². The summed E-state index contributed by atoms with van der Waals surface area (Å²) in [6, 6.07) is 8.70. The Morgan fingerprint density at radius 2 is 1.94 bits per heavy atom. The normalized spacial score (nSPS) is 14.7. The van der Waals surface area contributed by atoms with E-state index in [1.807, 2.05) is 26.0 Å². The summed E-state index contributed by atoms with van der Waals surface area (Å²) in [5.74, 6) is 1.71. The third kappa shape index (κ3) is 4.23. The van der Waals surface area contributed by atoms with E-state index >= 15 is 0 Å². The minimum Gasteiger partial charge on any atom is -0.419 e. The van der Waals surface area contributed by atoms with E-state index in [2.05, 4.69) is 29.9 Å². The Bertz CT molecular complexity index is 1200. The van der Waals surface area contributed by atoms with Gasteiger partial charge in [-0.25, -0.2) is 4.39 Å². The van der Waals surface area contributed by atoms with E-state index in [9.17, 15) is 4.39 Å². The Kier molecular flexibility index (Phi) is 5.27. The second-order valence-electron chi connectivity index (χ2n) is 7.78. The molecule has 0 radical (unpaired) electrons. The Hall–Kier alpha value is -3.07. The summed E-state index contributed by atoms with van der Waals surface area (Å²) < 4.78 is 22.2. The fraction of sp³-hybridized carbons (Fsp3) is 0.318. The molecule has 0 amide bonds. The number of hydrogen-bond donors (Lipinski definition) is 0. The first-order valence-electron chi connectivity index (χ1n) is 10.2. The van der Waals surface area contributed by atoms with Crippen molar-refractivity contribution in [2.75, 3.05) is 0 Å². The number of pyridine rings is 1. The Morgan fingerprint density at radius 3 is 2.71 bits per heavy atom. The summed E-state index contributed by atoms with van der Waals surface area (Å²) in [6.07, 6.45) is 5.96. The summed E-state index contributed by atoms with van der Waals surface area (Å²) in [4.78, 5) is 4.09. The van der Waals surface area contributed by atoms with Crippen LogP contribution in [0.1, 0.15) is 36.5 Å². The first-order valence-corrected chi connectivity index (χ1v) is 11.1. The van der Waals surface area contributed by atoms with Gasteiger partial charge in [-0.1, -0.05) is 23.4 Å². The van der Waals surface area contributed by atoms with Crippen molar-refractivity contribution in [3.63, 3.8) is 0 Å². The SMILES string of the molecule is Cc1ccc(F)c(-c2nnc(C(C)Sc3nnc(-c4ccncc4)n3CC3CC3)o2)c1. The quantitative estimate of drug-likeness (QED) is 0.373. The highest BCUT2D eigenvalue weighted by atomic mass is 32.2. The molecule has 1 saturated carbocycles. The van der Waals surface area contributed by atoms with Crippen LogP contribution in [-0.4, -0.2) is 29.9 Å². The molecule has 1 atom stereocenters. The van der Waals surface area contributed by atoms with Crippen molar-refractivity contribution in [3.05, 3.63) is 60.0 Å². The number of aryl methyl sites for hydroxylation is 1. The highest BCUT2D eigenvalue weighted by Gasteiger charge is 2.27. The van der Waals surface area contributed by atoms with Crippen LogP contribution in [0, 0.1) is 18.7 Å². The van der Waals surface area contributed by atoms with Crippen molar-refractivity contribution in [3.8, 4) is 22.8 Å². The number of benzene rings is 1. The number of aromatic nitrogens is 6. The van der Waals surface area contributed by atoms with Gasteiger partial charge in [0.05, 0.1) is 10.8 Å². The van der Waals surface area contributed by atoms with Crippen molar-refractivity contribution in [1.82, 2.24) is 29.9 Å². The molecule has 7 nitrogen and oxygen atoms in total. The highest BCUT2D eigenvalue weighted by molar-refractivity contribution is 7.99. The Morgan fingerprint density at radius 1 is 1.13 bits per heavy atom. The van der Waals surface area contributed by atoms with Gasteiger partial charge in [0.15, 0.2) is 11.0 Å². The standard InChI is InChI=1S/C22H21FN6OS/c1-13-3-6-18(23)17(11-13)21-27-26-20(30-21)14(2)31-22-28-25-19(16-7-9-24-10-8-16)29(22)12-15-4-5-15/h3,6-11,14-15H,4-5,12H2,1-2H3. The Labute approximate surface area is 183 Å². The van der Waals surface area contributed by atoms with E-state index < -0.39 is 0 Å². The lowest BCUT2D eigenvalue weighted by Gasteiger charge is -2.11. The lowest BCUT2D eigenvalue weighted by Crippen LogP contribution is -2.05. The van der Waals surface area contributed by atoms with Crippen molar-refractivity contribution >= 4 is 11.8 Å². The lowest BCUT2D eigenvalue weighted by atomic mass is 10.1. The molecule has 0 spiro atoms. The van der Waals surface area contributed by atoms with Gasteiger partial charge in [-0.05, 0) is 56.9 Å². The van der Waals surface area contributed by atoms with Crippen LogP contribution in [0.25, 0.3) is 22.8 Å². The van der Waals surface area contributed by atoms with Gasteiger partial charge in [0.25, 0.3) is 5.89 Å². The molecule has 3 heterocycles. The van der Waals surface area contributed by atoms with Gasteiger partial charge in [0.2, 0.25) is 5.89 Å². The molecule has 1 unspecified atom stereocenters. The second kappa shape index (κ2) is 8.22. The minimum atomic E-state index is -0.382. The maximum atomic E-state index is 14.2. The molecular formula is C22H21FN6OS. The maximum absolute atomic E-state index is 14.2. The monoisotopic (exact) mass is 436 g/mol. The molecule has 1 aliphatic carbocycles. The lowest BCUT2D eigenvalue weighted by molar-refractivity contribution is 0.503. The summed E-state index contributed by atoms with van der Waals surface area (Å²) in [6.45, 7) is 4.74. The molecule has 0 saturated heterocycles. The van der Waals surface area contributed by atoms with Crippen LogP contribution >= 0.6 is 11.8 Å². The van der Waals surface area contributed by atoms with E-state index in [-0.39, 0.29) is 17.0 Å². The number of hydrogen-bond acceptors (Lipinski definition) is 7. The molecule has 0 N–H and O–H groups in total. The predicted molar refractivity (Wildman–Crippen MR) is 115 cm³/mol. The van der Waals surface area contributed by atoms with Crippen LogP contribution in [0.5, 0.6) is 0 Å². The van der Waals surface area contributed by atoms with E-state index in [4.69, 9.17) is 4.42 Å². The van der Waals surface area contributed by atoms with E-state index in [1.165, 1.54) is 30.7 Å². The Balaban J connectivity index is 1.41. The summed E-state index contributed by atoms with van der Waals surface area (Å²) in [5.41, 5.74) is 2.22. The molecule has 0 aliphatic heterocycles. The number of thioether (sulfide) groups is 1. The first kappa shape index (κ1) is 19.9. The predicted octanol–water partition coefficient (Wildman–Crippen LogP) is 5.10. The average molecular weight is 437 g/mol. The molecule has 31 heavy (non-hydrogen) atoms. The van der Waals surface area contributed by atoms with Crippen LogP contribution < -0.4 is 0 Å². The van der Waals surface area contributed by atoms with E-state index in [1.54, 1.807) is 24.5 Å². The second-order valence-corrected chi connectivity index (χ2v) is 9.09. The summed E-state index contributed by atoms with van der Waals surface area (Å²) in [7, 11) is 0. The fourth-order valence-corrected chi connectivity index (χ4v) is 4.22. The number of nitrogens with zero attached hydrogens (tertiary/aromatic N) is 6. The molecule has 9 heteroatoms. The molecule has 1 fully saturated rings. The average Bonchev–Trinajstić information content (AvgIpc) is 3.31. The first-order chi connectivity index (χ1) is 15.1. The van der Waals surface area contributed by atoms with Crippen LogP contribution in [-0.2, 0) is 6.54 Å². The zero-order chi connectivity index (χ0) is 21.4. The molecule has 1 aromatic carbocycles. The zero-order valence-corrected chi connectivity index (χ0v) is 18.0. The van der Waals surface area contributed by atoms with Crippen LogP contribution in [0.4, 0.5) is 4.39 Å². The van der Waals surface area contributed by atoms with Crippen LogP contribution in [0.3, 0.4) is 0 Å². The van der Waals surface area contributed by atoms with Crippen LogP contribution in [0.2, 0.25) is 0 Å². The molecular weight excluding hydrogens is 415 g/mol. The van der Waals surface area contributed by atoms with Gasteiger partial charge in [-0.15, -0.1) is 20.4 Å². The van der Waals surface area contributed by atoms with Crippen molar-refractivity contribution in [1.29, 1.82) is 0 Å². The van der Waals surface area contributed by atoms with Gasteiger partial charge in [-0.3, -0.25) is 4.98 Å². The van der Waals surface area contributed by atoms with Gasteiger partial charge in [0.1, 0.15) is 5.82 Å². The van der Waals surface area contributed by atoms with Crippen molar-refractivity contribution in [2.24, 2.45) is 5.92 Å². The third-order valence-electron chi connectivity index (χ3n) is 5.22. The van der Waals surface area contributed by atoms with Crippen molar-refractivity contribution < 1.29 is 8.81 Å². The summed E-state index contributed by atoms with van der Waals surface area (Å²) in [5, 5.41) is 17.7. The van der Waals surface area contributed by atoms with Crippen LogP contribution in [0.15, 0.2) is 52.3 Å². The molecule has 4 aromatic rings. The van der Waals surface area contributed by atoms with Gasteiger partial charge < -0.3 is 8.98 Å². The zero-order valence-electron chi connectivity index (χ0n) is 17.2.